The second-order valence-electron chi connectivity index (χ2n) is 5.20. The third kappa shape index (κ3) is 3.63. The molecule has 1 aromatic heterocycles. The summed E-state index contributed by atoms with van der Waals surface area (Å²) in [5.74, 6) is -0.366. The highest BCUT2D eigenvalue weighted by atomic mass is 35.5. The Kier molecular flexibility index (Phi) is 5.37. The van der Waals surface area contributed by atoms with Gasteiger partial charge in [0.15, 0.2) is 0 Å². The van der Waals surface area contributed by atoms with E-state index < -0.39 is 6.04 Å². The van der Waals surface area contributed by atoms with Crippen molar-refractivity contribution in [3.63, 3.8) is 0 Å². The smallest absolute Gasteiger partial charge is 0.129 e. The van der Waals surface area contributed by atoms with Gasteiger partial charge in [-0.25, -0.2) is 4.39 Å². The van der Waals surface area contributed by atoms with Gasteiger partial charge in [-0.3, -0.25) is 4.68 Å². The van der Waals surface area contributed by atoms with Gasteiger partial charge < -0.3 is 5.73 Å². The van der Waals surface area contributed by atoms with E-state index in [9.17, 15) is 4.39 Å². The minimum atomic E-state index is -0.497. The fourth-order valence-electron chi connectivity index (χ4n) is 2.54. The number of hydrogen-bond acceptors (Lipinski definition) is 2. The van der Waals surface area contributed by atoms with Crippen LogP contribution in [-0.2, 0) is 6.42 Å². The topological polar surface area (TPSA) is 43.8 Å². The molecule has 21 heavy (non-hydrogen) atoms. The van der Waals surface area contributed by atoms with Gasteiger partial charge in [0.2, 0.25) is 0 Å². The molecule has 0 aliphatic heterocycles. The van der Waals surface area contributed by atoms with Crippen LogP contribution in [0.25, 0.3) is 0 Å². The monoisotopic (exact) mass is 309 g/mol. The molecule has 0 fully saturated rings. The van der Waals surface area contributed by atoms with Crippen molar-refractivity contribution >= 4 is 11.6 Å². The number of halogens is 2. The molecule has 0 aliphatic rings. The Bertz CT molecular complexity index is 573. The minimum absolute atomic E-state index is 0.358. The zero-order chi connectivity index (χ0) is 15.4. The van der Waals surface area contributed by atoms with Crippen LogP contribution in [0.3, 0.4) is 0 Å². The van der Waals surface area contributed by atoms with Crippen molar-refractivity contribution in [2.45, 2.75) is 45.2 Å². The van der Waals surface area contributed by atoms with E-state index in [-0.39, 0.29) is 5.82 Å². The molecule has 0 aliphatic carbocycles. The Morgan fingerprint density at radius 2 is 2.00 bits per heavy atom. The normalized spacial score (nSPS) is 12.9. The average molecular weight is 310 g/mol. The van der Waals surface area contributed by atoms with Crippen LogP contribution in [0.2, 0.25) is 5.02 Å². The van der Waals surface area contributed by atoms with Crippen molar-refractivity contribution in [1.82, 2.24) is 9.78 Å². The maximum absolute atomic E-state index is 13.9. The van der Waals surface area contributed by atoms with E-state index in [1.165, 1.54) is 6.07 Å². The molecule has 1 unspecified atom stereocenters. The van der Waals surface area contributed by atoms with Crippen molar-refractivity contribution < 1.29 is 4.39 Å². The lowest BCUT2D eigenvalue weighted by Crippen LogP contribution is -2.16. The molecule has 114 valence electrons. The summed E-state index contributed by atoms with van der Waals surface area (Å²) in [5, 5.41) is 4.91. The number of nitrogens with two attached hydrogens (primary N) is 1. The number of hydrogen-bond donors (Lipinski definition) is 1. The van der Waals surface area contributed by atoms with Gasteiger partial charge in [0.25, 0.3) is 0 Å². The van der Waals surface area contributed by atoms with Crippen LogP contribution in [0.15, 0.2) is 30.5 Å². The molecule has 0 saturated carbocycles. The second-order valence-corrected chi connectivity index (χ2v) is 5.61. The van der Waals surface area contributed by atoms with Gasteiger partial charge in [-0.15, -0.1) is 0 Å². The molecule has 0 saturated heterocycles. The van der Waals surface area contributed by atoms with Gasteiger partial charge in [-0.2, -0.15) is 5.10 Å². The first-order chi connectivity index (χ1) is 10.1. The first-order valence-corrected chi connectivity index (χ1v) is 7.68. The lowest BCUT2D eigenvalue weighted by atomic mass is 10.0. The summed E-state index contributed by atoms with van der Waals surface area (Å²) in [4.78, 5) is 0. The number of aromatic nitrogens is 2. The largest absolute Gasteiger partial charge is 0.323 e. The maximum Gasteiger partial charge on any atom is 0.129 e. The highest BCUT2D eigenvalue weighted by molar-refractivity contribution is 6.31. The van der Waals surface area contributed by atoms with Crippen LogP contribution in [0.1, 0.15) is 50.0 Å². The van der Waals surface area contributed by atoms with E-state index in [1.807, 2.05) is 16.9 Å². The van der Waals surface area contributed by atoms with Gasteiger partial charge in [0, 0.05) is 29.2 Å². The molecule has 2 rings (SSSR count). The lowest BCUT2D eigenvalue weighted by Gasteiger charge is -2.14. The summed E-state index contributed by atoms with van der Waals surface area (Å²) in [5.41, 5.74) is 7.32. The van der Waals surface area contributed by atoms with Crippen LogP contribution in [-0.4, -0.2) is 9.78 Å². The predicted molar refractivity (Wildman–Crippen MR) is 83.9 cm³/mol. The Balaban J connectivity index is 2.15. The van der Waals surface area contributed by atoms with Crippen LogP contribution < -0.4 is 5.73 Å². The van der Waals surface area contributed by atoms with Crippen molar-refractivity contribution in [2.24, 2.45) is 5.73 Å². The molecule has 2 N–H and O–H groups in total. The number of rotatable bonds is 6. The summed E-state index contributed by atoms with van der Waals surface area (Å²) < 4.78 is 15.8. The van der Waals surface area contributed by atoms with Gasteiger partial charge >= 0.3 is 0 Å². The van der Waals surface area contributed by atoms with Crippen molar-refractivity contribution in [1.29, 1.82) is 0 Å². The third-order valence-electron chi connectivity index (χ3n) is 3.78. The summed E-state index contributed by atoms with van der Waals surface area (Å²) in [6.07, 6.45) is 4.49. The van der Waals surface area contributed by atoms with Crippen LogP contribution in [0.5, 0.6) is 0 Å². The predicted octanol–water partition coefficient (Wildman–Crippen LogP) is 4.28. The number of nitrogens with zero attached hydrogens (tertiary/aromatic N) is 2. The highest BCUT2D eigenvalue weighted by Gasteiger charge is 2.17. The second kappa shape index (κ2) is 7.05. The fourth-order valence-corrected chi connectivity index (χ4v) is 2.85. The lowest BCUT2D eigenvalue weighted by molar-refractivity contribution is 0.424. The zero-order valence-electron chi connectivity index (χ0n) is 12.4. The maximum atomic E-state index is 13.9. The summed E-state index contributed by atoms with van der Waals surface area (Å²) in [6, 6.07) is 6.45. The first-order valence-electron chi connectivity index (χ1n) is 7.30. The molecule has 1 heterocycles. The molecule has 0 amide bonds. The zero-order valence-corrected chi connectivity index (χ0v) is 13.1. The van der Waals surface area contributed by atoms with Crippen molar-refractivity contribution in [3.8, 4) is 0 Å². The summed E-state index contributed by atoms with van der Waals surface area (Å²) in [7, 11) is 0. The highest BCUT2D eigenvalue weighted by Crippen LogP contribution is 2.26. The van der Waals surface area contributed by atoms with E-state index >= 15 is 0 Å². The number of benzene rings is 1. The van der Waals surface area contributed by atoms with Gasteiger partial charge in [0.05, 0.1) is 11.7 Å². The third-order valence-corrected chi connectivity index (χ3v) is 4.11. The molecule has 0 spiro atoms. The molecule has 3 nitrogen and oxygen atoms in total. The Labute approximate surface area is 129 Å². The summed E-state index contributed by atoms with van der Waals surface area (Å²) >= 11 is 6.05. The molecule has 1 atom stereocenters. The molecule has 1 aromatic carbocycles. The molecule has 0 bridgehead atoms. The molecular weight excluding hydrogens is 289 g/mol. The van der Waals surface area contributed by atoms with E-state index in [2.05, 4.69) is 18.9 Å². The van der Waals surface area contributed by atoms with Crippen LogP contribution in [0.4, 0.5) is 4.39 Å². The van der Waals surface area contributed by atoms with Crippen LogP contribution >= 0.6 is 11.6 Å². The van der Waals surface area contributed by atoms with E-state index in [0.717, 1.165) is 18.5 Å². The van der Waals surface area contributed by atoms with Crippen LogP contribution in [0, 0.1) is 5.82 Å². The van der Waals surface area contributed by atoms with E-state index in [0.29, 0.717) is 23.0 Å². The molecular formula is C16H21ClFN3. The fraction of sp³-hybridized carbons (Fsp3) is 0.438. The van der Waals surface area contributed by atoms with Gasteiger partial charge in [0.1, 0.15) is 5.82 Å². The molecule has 5 heteroatoms. The Morgan fingerprint density at radius 3 is 2.62 bits per heavy atom. The SMILES string of the molecule is CCC(CC)n1ccc(CC(N)c2c(F)cccc2Cl)n1. The Hall–Kier alpha value is -1.39. The minimum Gasteiger partial charge on any atom is -0.323 e. The standard InChI is InChI=1S/C16H21ClFN3/c1-3-12(4-2)21-9-8-11(20-21)10-15(19)16-13(17)6-5-7-14(16)18/h5-9,12,15H,3-4,10,19H2,1-2H3. The first kappa shape index (κ1) is 16.0. The van der Waals surface area contributed by atoms with E-state index in [1.54, 1.807) is 12.1 Å². The molecule has 2 aromatic rings. The van der Waals surface area contributed by atoms with Gasteiger partial charge in [-0.05, 0) is 31.0 Å². The van der Waals surface area contributed by atoms with Crippen molar-refractivity contribution in [2.75, 3.05) is 0 Å². The van der Waals surface area contributed by atoms with Crippen molar-refractivity contribution in [3.05, 3.63) is 52.6 Å². The average Bonchev–Trinajstić information content (AvgIpc) is 2.88. The molecule has 0 radical (unpaired) electrons. The van der Waals surface area contributed by atoms with Gasteiger partial charge in [-0.1, -0.05) is 31.5 Å². The quantitative estimate of drug-likeness (QED) is 0.865. The summed E-state index contributed by atoms with van der Waals surface area (Å²) in [6.45, 7) is 4.28. The Morgan fingerprint density at radius 1 is 1.29 bits per heavy atom. The van der Waals surface area contributed by atoms with E-state index in [4.69, 9.17) is 17.3 Å².